The van der Waals surface area contributed by atoms with Gasteiger partial charge in [-0.25, -0.2) is 0 Å². The van der Waals surface area contributed by atoms with Gasteiger partial charge in [-0.05, 0) is 25.1 Å². The second kappa shape index (κ2) is 6.47. The average molecular weight is 343 g/mol. The maximum absolute atomic E-state index is 12.8. The van der Waals surface area contributed by atoms with Crippen LogP contribution in [0.1, 0.15) is 23.0 Å². The third-order valence-electron chi connectivity index (χ3n) is 3.65. The highest BCUT2D eigenvalue weighted by molar-refractivity contribution is 6.31. The third kappa shape index (κ3) is 3.04. The number of nitrogens with one attached hydrogen (secondary N) is 2. The number of carbonyl (C=O) groups is 2. The van der Waals surface area contributed by atoms with E-state index in [2.05, 4.69) is 10.3 Å². The molecule has 0 bridgehead atoms. The zero-order chi connectivity index (χ0) is 17.3. The number of anilines is 1. The normalized spacial score (nSPS) is 12.1. The quantitative estimate of drug-likeness (QED) is 0.636. The summed E-state index contributed by atoms with van der Waals surface area (Å²) < 4.78 is 0. The fourth-order valence-electron chi connectivity index (χ4n) is 2.43. The van der Waals surface area contributed by atoms with Gasteiger partial charge in [0.1, 0.15) is 11.8 Å². The fraction of sp³-hybridized carbons (Fsp3) is 0.111. The van der Waals surface area contributed by atoms with Gasteiger partial charge in [-0.3, -0.25) is 9.59 Å². The average Bonchev–Trinajstić information content (AvgIpc) is 2.92. The number of aliphatic hydroxyl groups is 1. The summed E-state index contributed by atoms with van der Waals surface area (Å²) in [6.07, 6.45) is -1.19. The Kier molecular flexibility index (Phi) is 4.38. The van der Waals surface area contributed by atoms with Crippen LogP contribution in [0.15, 0.2) is 48.5 Å². The summed E-state index contributed by atoms with van der Waals surface area (Å²) in [6, 6.07) is 13.8. The number of hydrogen-bond donors (Lipinski definition) is 3. The van der Waals surface area contributed by atoms with Crippen LogP contribution in [0.2, 0.25) is 5.02 Å². The first-order chi connectivity index (χ1) is 11.5. The highest BCUT2D eigenvalue weighted by Gasteiger charge is 2.22. The van der Waals surface area contributed by atoms with Crippen molar-refractivity contribution in [3.05, 3.63) is 64.8 Å². The second-order valence-electron chi connectivity index (χ2n) is 5.43. The van der Waals surface area contributed by atoms with Crippen molar-refractivity contribution >= 4 is 39.9 Å². The van der Waals surface area contributed by atoms with Crippen LogP contribution in [-0.4, -0.2) is 27.9 Å². The first-order valence-electron chi connectivity index (χ1n) is 7.37. The van der Waals surface area contributed by atoms with Crippen molar-refractivity contribution in [1.29, 1.82) is 0 Å². The lowest BCUT2D eigenvalue weighted by Crippen LogP contribution is -2.25. The molecule has 122 valence electrons. The van der Waals surface area contributed by atoms with E-state index < -0.39 is 12.0 Å². The number of ketones is 1. The molecule has 24 heavy (non-hydrogen) atoms. The van der Waals surface area contributed by atoms with Crippen LogP contribution >= 0.6 is 11.6 Å². The molecule has 1 atom stereocenters. The lowest BCUT2D eigenvalue weighted by atomic mass is 10.1. The Balaban J connectivity index is 2.15. The van der Waals surface area contributed by atoms with Gasteiger partial charge in [0, 0.05) is 21.5 Å². The molecule has 0 aliphatic carbocycles. The highest BCUT2D eigenvalue weighted by Crippen LogP contribution is 2.31. The number of fused-ring (bicyclic) bond motifs is 1. The molecule has 0 unspecified atom stereocenters. The first-order valence-corrected chi connectivity index (χ1v) is 7.75. The summed E-state index contributed by atoms with van der Waals surface area (Å²) in [7, 11) is 0. The van der Waals surface area contributed by atoms with Crippen LogP contribution in [0, 0.1) is 0 Å². The minimum atomic E-state index is -1.19. The van der Waals surface area contributed by atoms with Gasteiger partial charge in [-0.2, -0.15) is 0 Å². The Morgan fingerprint density at radius 1 is 1.17 bits per heavy atom. The molecular weight excluding hydrogens is 328 g/mol. The van der Waals surface area contributed by atoms with Crippen molar-refractivity contribution in [1.82, 2.24) is 4.98 Å². The van der Waals surface area contributed by atoms with Crippen LogP contribution in [-0.2, 0) is 4.79 Å². The van der Waals surface area contributed by atoms with Gasteiger partial charge in [0.15, 0.2) is 0 Å². The predicted octanol–water partition coefficient (Wildman–Crippen LogP) is 3.37. The largest absolute Gasteiger partial charge is 0.384 e. The maximum atomic E-state index is 12.8. The number of rotatable bonds is 4. The molecule has 1 aromatic heterocycles. The van der Waals surface area contributed by atoms with Crippen LogP contribution < -0.4 is 5.32 Å². The van der Waals surface area contributed by atoms with Crippen molar-refractivity contribution in [2.75, 3.05) is 5.32 Å². The molecule has 3 N–H and O–H groups in total. The smallest absolute Gasteiger partial charge is 0.252 e. The van der Waals surface area contributed by atoms with Crippen molar-refractivity contribution < 1.29 is 14.7 Å². The molecule has 0 aliphatic rings. The number of carbonyl (C=O) groups excluding carboxylic acids is 2. The maximum Gasteiger partial charge on any atom is 0.252 e. The number of aromatic nitrogens is 1. The number of benzene rings is 2. The number of aliphatic hydroxyl groups excluding tert-OH is 1. The molecule has 5 nitrogen and oxygen atoms in total. The summed E-state index contributed by atoms with van der Waals surface area (Å²) in [5, 5.41) is 13.2. The van der Waals surface area contributed by atoms with E-state index in [0.717, 1.165) is 0 Å². The van der Waals surface area contributed by atoms with Crippen molar-refractivity contribution in [2.45, 2.75) is 13.0 Å². The lowest BCUT2D eigenvalue weighted by molar-refractivity contribution is -0.123. The summed E-state index contributed by atoms with van der Waals surface area (Å²) in [4.78, 5) is 27.7. The predicted molar refractivity (Wildman–Crippen MR) is 93.5 cm³/mol. The molecular formula is C18H15ClN2O3. The summed E-state index contributed by atoms with van der Waals surface area (Å²) in [5.74, 6) is -0.850. The monoisotopic (exact) mass is 342 g/mol. The van der Waals surface area contributed by atoms with Gasteiger partial charge in [0.05, 0.1) is 5.69 Å². The molecule has 0 fully saturated rings. The minimum Gasteiger partial charge on any atom is -0.384 e. The molecule has 2 aromatic carbocycles. The lowest BCUT2D eigenvalue weighted by Gasteiger charge is -2.08. The number of halogens is 1. The van der Waals surface area contributed by atoms with Crippen molar-refractivity contribution in [3.8, 4) is 0 Å². The molecule has 3 rings (SSSR count). The van der Waals surface area contributed by atoms with Gasteiger partial charge < -0.3 is 15.4 Å². The van der Waals surface area contributed by atoms with Crippen molar-refractivity contribution in [2.24, 2.45) is 0 Å². The van der Waals surface area contributed by atoms with Crippen LogP contribution in [0.4, 0.5) is 5.69 Å². The Morgan fingerprint density at radius 2 is 1.88 bits per heavy atom. The van der Waals surface area contributed by atoms with Crippen LogP contribution in [0.3, 0.4) is 0 Å². The van der Waals surface area contributed by atoms with E-state index in [1.165, 1.54) is 6.92 Å². The molecule has 0 spiro atoms. The van der Waals surface area contributed by atoms with Gasteiger partial charge in [0.2, 0.25) is 5.78 Å². The van der Waals surface area contributed by atoms with E-state index in [9.17, 15) is 14.7 Å². The molecule has 1 amide bonds. The molecule has 0 saturated heterocycles. The summed E-state index contributed by atoms with van der Waals surface area (Å²) >= 11 is 6.00. The standard InChI is InChI=1S/C18H15ClN2O3/c1-10(22)18(24)21-15-13-8-7-12(19)9-14(13)20-16(15)17(23)11-5-3-2-4-6-11/h2-10,20,22H,1H3,(H,21,24)/t10-/m0/s1. The molecule has 3 aromatic rings. The van der Waals surface area contributed by atoms with Gasteiger partial charge in [-0.1, -0.05) is 41.9 Å². The number of amides is 1. The molecule has 0 aliphatic heterocycles. The van der Waals surface area contributed by atoms with E-state index in [0.29, 0.717) is 27.2 Å². The Bertz CT molecular complexity index is 917. The van der Waals surface area contributed by atoms with E-state index in [1.54, 1.807) is 42.5 Å². The molecule has 1 heterocycles. The summed E-state index contributed by atoms with van der Waals surface area (Å²) in [6.45, 7) is 1.36. The van der Waals surface area contributed by atoms with Crippen molar-refractivity contribution in [3.63, 3.8) is 0 Å². The number of hydrogen-bond acceptors (Lipinski definition) is 3. The van der Waals surface area contributed by atoms with E-state index >= 15 is 0 Å². The van der Waals surface area contributed by atoms with Gasteiger partial charge >= 0.3 is 0 Å². The molecule has 0 saturated carbocycles. The zero-order valence-corrected chi connectivity index (χ0v) is 13.6. The molecule has 6 heteroatoms. The minimum absolute atomic E-state index is 0.243. The third-order valence-corrected chi connectivity index (χ3v) is 3.89. The van der Waals surface area contributed by atoms with E-state index in [4.69, 9.17) is 11.6 Å². The van der Waals surface area contributed by atoms with E-state index in [1.807, 2.05) is 6.07 Å². The SMILES string of the molecule is C[C@H](O)C(=O)Nc1c(C(=O)c2ccccc2)[nH]c2cc(Cl)ccc12. The Labute approximate surface area is 143 Å². The Morgan fingerprint density at radius 3 is 2.54 bits per heavy atom. The number of aromatic amines is 1. The summed E-state index contributed by atoms with van der Waals surface area (Å²) in [5.41, 5.74) is 1.69. The van der Waals surface area contributed by atoms with E-state index in [-0.39, 0.29) is 11.5 Å². The fourth-order valence-corrected chi connectivity index (χ4v) is 2.60. The highest BCUT2D eigenvalue weighted by atomic mass is 35.5. The van der Waals surface area contributed by atoms with Gasteiger partial charge in [0.25, 0.3) is 5.91 Å². The Hall–Kier alpha value is -2.63. The van der Waals surface area contributed by atoms with Gasteiger partial charge in [-0.15, -0.1) is 0 Å². The second-order valence-corrected chi connectivity index (χ2v) is 5.86. The topological polar surface area (TPSA) is 82.2 Å². The van der Waals surface area contributed by atoms with Crippen LogP contribution in [0.5, 0.6) is 0 Å². The first kappa shape index (κ1) is 16.2. The van der Waals surface area contributed by atoms with Crippen LogP contribution in [0.25, 0.3) is 10.9 Å². The molecule has 0 radical (unpaired) electrons. The zero-order valence-electron chi connectivity index (χ0n) is 12.8. The number of H-pyrrole nitrogens is 1.